The summed E-state index contributed by atoms with van der Waals surface area (Å²) >= 11 is 0. The van der Waals surface area contributed by atoms with Crippen molar-refractivity contribution in [3.05, 3.63) is 42.0 Å². The molecular weight excluding hydrogens is 366 g/mol. The maximum Gasteiger partial charge on any atom is 0.276 e. The van der Waals surface area contributed by atoms with Gasteiger partial charge in [-0.05, 0) is 43.7 Å². The molecule has 5 rings (SSSR count). The van der Waals surface area contributed by atoms with Crippen molar-refractivity contribution in [1.29, 1.82) is 0 Å². The molecule has 7 nitrogen and oxygen atoms in total. The van der Waals surface area contributed by atoms with Gasteiger partial charge in [0.25, 0.3) is 5.91 Å². The summed E-state index contributed by atoms with van der Waals surface area (Å²) in [5, 5.41) is 8.36. The van der Waals surface area contributed by atoms with E-state index >= 15 is 0 Å². The molecule has 152 valence electrons. The molecule has 1 saturated carbocycles. The van der Waals surface area contributed by atoms with E-state index in [0.717, 1.165) is 36.4 Å². The van der Waals surface area contributed by atoms with E-state index in [1.165, 1.54) is 32.1 Å². The van der Waals surface area contributed by atoms with Crippen LogP contribution in [0.1, 0.15) is 67.2 Å². The number of nitrogens with zero attached hydrogens (tertiary/aromatic N) is 5. The van der Waals surface area contributed by atoms with Crippen LogP contribution >= 0.6 is 0 Å². The molecule has 0 atom stereocenters. The van der Waals surface area contributed by atoms with Gasteiger partial charge in [-0.2, -0.15) is 0 Å². The number of piperidine rings is 1. The Kier molecular flexibility index (Phi) is 5.04. The Morgan fingerprint density at radius 1 is 1.07 bits per heavy atom. The van der Waals surface area contributed by atoms with Crippen LogP contribution in [0, 0.1) is 5.92 Å². The molecule has 3 heterocycles. The SMILES string of the molecule is O=C(c1cn(CC2CCCCC2)nn1)N1CCC(c2nc3ccccc3o2)CC1. The van der Waals surface area contributed by atoms with Crippen LogP contribution in [-0.4, -0.2) is 43.9 Å². The summed E-state index contributed by atoms with van der Waals surface area (Å²) < 4.78 is 7.78. The van der Waals surface area contributed by atoms with Gasteiger partial charge in [-0.25, -0.2) is 4.98 Å². The fourth-order valence-electron chi connectivity index (χ4n) is 4.68. The summed E-state index contributed by atoms with van der Waals surface area (Å²) in [6.45, 7) is 2.26. The van der Waals surface area contributed by atoms with Gasteiger partial charge in [0.05, 0.1) is 6.20 Å². The Morgan fingerprint density at radius 3 is 2.66 bits per heavy atom. The zero-order valence-electron chi connectivity index (χ0n) is 16.7. The number of fused-ring (bicyclic) bond motifs is 1. The number of hydrogen-bond donors (Lipinski definition) is 0. The largest absolute Gasteiger partial charge is 0.440 e. The first-order valence-electron chi connectivity index (χ1n) is 10.8. The number of para-hydroxylation sites is 2. The van der Waals surface area contributed by atoms with Crippen molar-refractivity contribution in [2.45, 2.75) is 57.4 Å². The second-order valence-corrected chi connectivity index (χ2v) is 8.42. The highest BCUT2D eigenvalue weighted by Crippen LogP contribution is 2.30. The zero-order chi connectivity index (χ0) is 19.6. The summed E-state index contributed by atoms with van der Waals surface area (Å²) in [4.78, 5) is 19.4. The zero-order valence-corrected chi connectivity index (χ0v) is 16.7. The minimum Gasteiger partial charge on any atom is -0.440 e. The lowest BCUT2D eigenvalue weighted by atomic mass is 9.89. The third kappa shape index (κ3) is 3.91. The van der Waals surface area contributed by atoms with Crippen LogP contribution in [0.3, 0.4) is 0 Å². The molecule has 2 fully saturated rings. The minimum atomic E-state index is -0.0177. The molecule has 29 heavy (non-hydrogen) atoms. The van der Waals surface area contributed by atoms with Gasteiger partial charge < -0.3 is 9.32 Å². The number of benzene rings is 1. The van der Waals surface area contributed by atoms with Crippen molar-refractivity contribution in [2.75, 3.05) is 13.1 Å². The fourth-order valence-corrected chi connectivity index (χ4v) is 4.68. The van der Waals surface area contributed by atoms with Gasteiger partial charge in [-0.3, -0.25) is 9.48 Å². The maximum atomic E-state index is 12.9. The van der Waals surface area contributed by atoms with Crippen LogP contribution in [0.25, 0.3) is 11.1 Å². The number of carbonyl (C=O) groups is 1. The third-order valence-electron chi connectivity index (χ3n) is 6.37. The molecule has 1 saturated heterocycles. The lowest BCUT2D eigenvalue weighted by molar-refractivity contribution is 0.0700. The van der Waals surface area contributed by atoms with E-state index in [4.69, 9.17) is 4.42 Å². The Morgan fingerprint density at radius 2 is 1.86 bits per heavy atom. The Hall–Kier alpha value is -2.70. The summed E-state index contributed by atoms with van der Waals surface area (Å²) in [5.74, 6) is 1.70. The maximum absolute atomic E-state index is 12.9. The van der Waals surface area contributed by atoms with Gasteiger partial charge in [0.1, 0.15) is 5.52 Å². The van der Waals surface area contributed by atoms with E-state index in [-0.39, 0.29) is 11.8 Å². The molecular formula is C22H27N5O2. The van der Waals surface area contributed by atoms with Gasteiger partial charge in [-0.15, -0.1) is 5.10 Å². The Bertz CT molecular complexity index is 947. The number of oxazole rings is 1. The van der Waals surface area contributed by atoms with Crippen molar-refractivity contribution in [2.24, 2.45) is 5.92 Å². The van der Waals surface area contributed by atoms with Gasteiger partial charge in [0.15, 0.2) is 17.2 Å². The van der Waals surface area contributed by atoms with Crippen LogP contribution in [0.2, 0.25) is 0 Å². The van der Waals surface area contributed by atoms with E-state index in [1.54, 1.807) is 0 Å². The lowest BCUT2D eigenvalue weighted by Crippen LogP contribution is -2.38. The molecule has 2 aliphatic rings. The van der Waals surface area contributed by atoms with Crippen LogP contribution < -0.4 is 0 Å². The van der Waals surface area contributed by atoms with Crippen molar-refractivity contribution >= 4 is 17.0 Å². The second-order valence-electron chi connectivity index (χ2n) is 8.42. The van der Waals surface area contributed by atoms with E-state index in [0.29, 0.717) is 24.7 Å². The summed E-state index contributed by atoms with van der Waals surface area (Å²) in [7, 11) is 0. The molecule has 0 unspecified atom stereocenters. The van der Waals surface area contributed by atoms with Crippen LogP contribution in [0.15, 0.2) is 34.9 Å². The Balaban J connectivity index is 1.19. The van der Waals surface area contributed by atoms with Gasteiger partial charge in [-0.1, -0.05) is 36.6 Å². The topological polar surface area (TPSA) is 77.1 Å². The van der Waals surface area contributed by atoms with Gasteiger partial charge in [0, 0.05) is 25.6 Å². The van der Waals surface area contributed by atoms with Crippen molar-refractivity contribution in [3.63, 3.8) is 0 Å². The number of amides is 1. The third-order valence-corrected chi connectivity index (χ3v) is 6.37. The van der Waals surface area contributed by atoms with Crippen molar-refractivity contribution in [1.82, 2.24) is 24.9 Å². The molecule has 2 aromatic heterocycles. The molecule has 7 heteroatoms. The second kappa shape index (κ2) is 7.97. The fraction of sp³-hybridized carbons (Fsp3) is 0.545. The van der Waals surface area contributed by atoms with Gasteiger partial charge >= 0.3 is 0 Å². The standard InChI is InChI=1S/C22H27N5O2/c28-22(19-15-27(25-24-19)14-16-6-2-1-3-7-16)26-12-10-17(11-13-26)21-23-18-8-4-5-9-20(18)29-21/h4-5,8-9,15-17H,1-3,6-7,10-14H2. The van der Waals surface area contributed by atoms with Crippen LogP contribution in [0.5, 0.6) is 0 Å². The highest BCUT2D eigenvalue weighted by atomic mass is 16.3. The first-order valence-corrected chi connectivity index (χ1v) is 10.8. The van der Waals surface area contributed by atoms with E-state index in [2.05, 4.69) is 15.3 Å². The normalized spacial score (nSPS) is 19.1. The highest BCUT2D eigenvalue weighted by Gasteiger charge is 2.29. The smallest absolute Gasteiger partial charge is 0.276 e. The summed E-state index contributed by atoms with van der Waals surface area (Å²) in [6, 6.07) is 7.84. The van der Waals surface area contributed by atoms with Crippen molar-refractivity contribution in [3.8, 4) is 0 Å². The highest BCUT2D eigenvalue weighted by molar-refractivity contribution is 5.92. The molecule has 1 aliphatic heterocycles. The molecule has 1 aliphatic carbocycles. The molecule has 0 N–H and O–H groups in total. The number of carbonyl (C=O) groups excluding carboxylic acids is 1. The molecule has 0 radical (unpaired) electrons. The van der Waals surface area contributed by atoms with Crippen LogP contribution in [-0.2, 0) is 6.54 Å². The number of hydrogen-bond acceptors (Lipinski definition) is 5. The molecule has 1 aromatic carbocycles. The monoisotopic (exact) mass is 393 g/mol. The lowest BCUT2D eigenvalue weighted by Gasteiger charge is -2.30. The molecule has 1 amide bonds. The first-order chi connectivity index (χ1) is 14.3. The Labute approximate surface area is 170 Å². The van der Waals surface area contributed by atoms with E-state index in [9.17, 15) is 4.79 Å². The van der Waals surface area contributed by atoms with Crippen LogP contribution in [0.4, 0.5) is 0 Å². The predicted octanol–water partition coefficient (Wildman–Crippen LogP) is 4.02. The minimum absolute atomic E-state index is 0.0177. The number of rotatable bonds is 4. The van der Waals surface area contributed by atoms with E-state index < -0.39 is 0 Å². The average molecular weight is 393 g/mol. The number of aromatic nitrogens is 4. The van der Waals surface area contributed by atoms with E-state index in [1.807, 2.05) is 40.0 Å². The molecule has 0 spiro atoms. The molecule has 0 bridgehead atoms. The summed E-state index contributed by atoms with van der Waals surface area (Å²) in [6.07, 6.45) is 10.0. The van der Waals surface area contributed by atoms with Gasteiger partial charge in [0.2, 0.25) is 0 Å². The average Bonchev–Trinajstić information content (AvgIpc) is 3.41. The molecule has 3 aromatic rings. The number of likely N-dealkylation sites (tertiary alicyclic amines) is 1. The predicted molar refractivity (Wildman–Crippen MR) is 108 cm³/mol. The first kappa shape index (κ1) is 18.3. The summed E-state index contributed by atoms with van der Waals surface area (Å²) in [5.41, 5.74) is 2.19. The quantitative estimate of drug-likeness (QED) is 0.669. The van der Waals surface area contributed by atoms with Crippen molar-refractivity contribution < 1.29 is 9.21 Å².